The van der Waals surface area contributed by atoms with Crippen LogP contribution in [0.15, 0.2) is 130 Å². The van der Waals surface area contributed by atoms with Crippen molar-refractivity contribution in [3.05, 3.63) is 138 Å². The minimum Gasteiger partial charge on any atom is -0.456 e. The first-order valence-electron chi connectivity index (χ1n) is 21.1. The molecule has 0 N–H and O–H groups in total. The summed E-state index contributed by atoms with van der Waals surface area (Å²) in [7, 11) is 0. The zero-order chi connectivity index (χ0) is 40.5. The van der Waals surface area contributed by atoms with E-state index < -0.39 is 0 Å². The molecule has 12 rings (SSSR count). The number of furan rings is 2. The van der Waals surface area contributed by atoms with E-state index in [1.807, 2.05) is 0 Å². The third-order valence-electron chi connectivity index (χ3n) is 13.4. The molecule has 0 radical (unpaired) electrons. The van der Waals surface area contributed by atoms with Crippen molar-refractivity contribution in [1.82, 2.24) is 4.57 Å². The fourth-order valence-corrected chi connectivity index (χ4v) is 10.3. The predicted molar refractivity (Wildman–Crippen MR) is 250 cm³/mol. The van der Waals surface area contributed by atoms with Crippen molar-refractivity contribution in [3.63, 3.8) is 0 Å². The summed E-state index contributed by atoms with van der Waals surface area (Å²) in [5.41, 5.74) is 18.8. The maximum absolute atomic E-state index is 6.82. The minimum absolute atomic E-state index is 0.0152. The number of rotatable bonds is 1. The SMILES string of the molecule is CC(C)(C)c1ccc(N2B3c4cc(C(C)(C)C)ccc4-n4c5ccc6oc7ccccc7c6c5c5ccc(c3c54)-c3cc4oc5cc(C(C)(C)C)ccc5c4cc32)cc1. The van der Waals surface area contributed by atoms with Gasteiger partial charge in [0.15, 0.2) is 0 Å². The molecule has 0 saturated carbocycles. The summed E-state index contributed by atoms with van der Waals surface area (Å²) < 4.78 is 15.9. The van der Waals surface area contributed by atoms with Crippen molar-refractivity contribution in [3.8, 4) is 16.8 Å². The Kier molecular flexibility index (Phi) is 6.66. The summed E-state index contributed by atoms with van der Waals surface area (Å²) in [6.07, 6.45) is 0. The van der Waals surface area contributed by atoms with E-state index >= 15 is 0 Å². The largest absolute Gasteiger partial charge is 0.456 e. The number of hydrogen-bond acceptors (Lipinski definition) is 3. The van der Waals surface area contributed by atoms with Gasteiger partial charge in [-0.1, -0.05) is 129 Å². The van der Waals surface area contributed by atoms with Crippen LogP contribution in [0.5, 0.6) is 0 Å². The lowest BCUT2D eigenvalue weighted by Gasteiger charge is -2.42. The van der Waals surface area contributed by atoms with E-state index in [-0.39, 0.29) is 23.1 Å². The maximum atomic E-state index is 6.82. The molecule has 0 aliphatic carbocycles. The van der Waals surface area contributed by atoms with Crippen LogP contribution < -0.4 is 15.7 Å². The van der Waals surface area contributed by atoms with Gasteiger partial charge in [-0.15, -0.1) is 0 Å². The highest BCUT2D eigenvalue weighted by atomic mass is 16.3. The van der Waals surface area contributed by atoms with Gasteiger partial charge in [0, 0.05) is 54.9 Å². The Hall–Kier alpha value is -6.20. The first-order valence-corrected chi connectivity index (χ1v) is 21.1. The van der Waals surface area contributed by atoms with Gasteiger partial charge in [-0.25, -0.2) is 0 Å². The number of benzene rings is 7. The molecular formula is C54H47BN2O2. The van der Waals surface area contributed by atoms with Crippen LogP contribution in [0.1, 0.15) is 79.0 Å². The highest BCUT2D eigenvalue weighted by Gasteiger charge is 2.45. The first-order chi connectivity index (χ1) is 28.1. The van der Waals surface area contributed by atoms with Crippen LogP contribution in [0.25, 0.3) is 82.5 Å². The lowest BCUT2D eigenvalue weighted by molar-refractivity contribution is 0.587. The van der Waals surface area contributed by atoms with Crippen LogP contribution in [0, 0.1) is 0 Å². The van der Waals surface area contributed by atoms with Crippen molar-refractivity contribution in [1.29, 1.82) is 0 Å². The third-order valence-corrected chi connectivity index (χ3v) is 13.4. The van der Waals surface area contributed by atoms with Crippen molar-refractivity contribution < 1.29 is 8.83 Å². The van der Waals surface area contributed by atoms with Crippen LogP contribution in [-0.4, -0.2) is 11.4 Å². The third kappa shape index (κ3) is 4.73. The molecule has 7 aromatic carbocycles. The van der Waals surface area contributed by atoms with E-state index in [4.69, 9.17) is 8.83 Å². The van der Waals surface area contributed by atoms with E-state index in [2.05, 4.69) is 193 Å². The summed E-state index contributed by atoms with van der Waals surface area (Å²) in [6, 6.07) is 45.8. The van der Waals surface area contributed by atoms with Gasteiger partial charge in [0.1, 0.15) is 22.3 Å². The van der Waals surface area contributed by atoms with Gasteiger partial charge in [-0.05, 0) is 104 Å². The van der Waals surface area contributed by atoms with Gasteiger partial charge in [0.05, 0.1) is 11.0 Å². The van der Waals surface area contributed by atoms with Gasteiger partial charge >= 0.3 is 6.85 Å². The van der Waals surface area contributed by atoms with E-state index in [1.54, 1.807) is 0 Å². The second-order valence-electron chi connectivity index (χ2n) is 20.2. The van der Waals surface area contributed by atoms with Crippen LogP contribution >= 0.6 is 0 Å². The average Bonchev–Trinajstić information content (AvgIpc) is 3.87. The van der Waals surface area contributed by atoms with Crippen LogP contribution in [0.4, 0.5) is 11.4 Å². The van der Waals surface area contributed by atoms with Gasteiger partial charge < -0.3 is 18.2 Å². The van der Waals surface area contributed by atoms with E-state index in [9.17, 15) is 0 Å². The smallest absolute Gasteiger partial charge is 0.333 e. The minimum atomic E-state index is -0.0875. The highest BCUT2D eigenvalue weighted by molar-refractivity contribution is 6.93. The number of aromatic nitrogens is 1. The lowest BCUT2D eigenvalue weighted by Crippen LogP contribution is -2.60. The fourth-order valence-electron chi connectivity index (χ4n) is 10.3. The molecule has 5 heteroatoms. The standard InChI is InChI=1S/C54H47BN2O2/c1-52(2,3)30-14-18-33(19-15-30)57-43-28-39-34-20-16-32(54(7,8)9)27-46(34)59-47(39)29-38(43)35-21-22-37-48-42(24-25-45-49(48)36-12-10-11-13-44(36)58-45)56-41-23-17-31(53(4,5)6)26-40(41)55(57)50(35)51(37)56/h10-29H,1-9H3. The van der Waals surface area contributed by atoms with Crippen LogP contribution in [0.3, 0.4) is 0 Å². The molecule has 5 heterocycles. The van der Waals surface area contributed by atoms with Crippen molar-refractivity contribution in [2.45, 2.75) is 78.6 Å². The number of hydrogen-bond donors (Lipinski definition) is 0. The molecule has 0 unspecified atom stereocenters. The number of anilines is 2. The topological polar surface area (TPSA) is 34.5 Å². The lowest BCUT2D eigenvalue weighted by atomic mass is 9.43. The average molecular weight is 767 g/mol. The summed E-state index contributed by atoms with van der Waals surface area (Å²) in [4.78, 5) is 2.64. The summed E-state index contributed by atoms with van der Waals surface area (Å²) in [5, 5.41) is 7.11. The molecule has 0 spiro atoms. The Labute approximate surface area is 345 Å². The van der Waals surface area contributed by atoms with Crippen molar-refractivity contribution in [2.24, 2.45) is 0 Å². The molecule has 0 amide bonds. The van der Waals surface area contributed by atoms with Crippen LogP contribution in [-0.2, 0) is 16.2 Å². The molecule has 10 aromatic rings. The van der Waals surface area contributed by atoms with Crippen LogP contribution in [0.2, 0.25) is 0 Å². The fraction of sp³-hybridized carbons (Fsp3) is 0.222. The predicted octanol–water partition coefficient (Wildman–Crippen LogP) is 13.7. The second kappa shape index (κ2) is 11.3. The number of nitrogens with zero attached hydrogens (tertiary/aromatic N) is 2. The molecule has 2 aliphatic heterocycles. The van der Waals surface area contributed by atoms with Gasteiger partial charge in [0.2, 0.25) is 0 Å². The van der Waals surface area contributed by atoms with E-state index in [1.165, 1.54) is 83.0 Å². The molecule has 2 aliphatic rings. The Bertz CT molecular complexity index is 3450. The van der Waals surface area contributed by atoms with Crippen molar-refractivity contribution in [2.75, 3.05) is 4.81 Å². The molecule has 0 saturated heterocycles. The molecule has 4 nitrogen and oxygen atoms in total. The van der Waals surface area contributed by atoms with Gasteiger partial charge in [-0.2, -0.15) is 0 Å². The molecular weight excluding hydrogens is 719 g/mol. The summed E-state index contributed by atoms with van der Waals surface area (Å²) in [5.74, 6) is 0. The van der Waals surface area contributed by atoms with E-state index in [0.717, 1.165) is 38.5 Å². The Morgan fingerprint density at radius 1 is 0.458 bits per heavy atom. The molecule has 288 valence electrons. The second-order valence-corrected chi connectivity index (χ2v) is 20.2. The molecule has 3 aromatic heterocycles. The number of para-hydroxylation sites is 1. The quantitative estimate of drug-likeness (QED) is 0.156. The summed E-state index contributed by atoms with van der Waals surface area (Å²) >= 11 is 0. The molecule has 0 bridgehead atoms. The highest BCUT2D eigenvalue weighted by Crippen LogP contribution is 2.49. The van der Waals surface area contributed by atoms with Gasteiger partial charge in [-0.3, -0.25) is 0 Å². The van der Waals surface area contributed by atoms with Crippen molar-refractivity contribution >= 4 is 94.8 Å². The first kappa shape index (κ1) is 34.8. The Morgan fingerprint density at radius 2 is 1.12 bits per heavy atom. The molecule has 0 atom stereocenters. The maximum Gasteiger partial charge on any atom is 0.333 e. The molecule has 0 fully saturated rings. The normalized spacial score (nSPS) is 14.1. The number of fused-ring (bicyclic) bond motifs is 15. The monoisotopic (exact) mass is 766 g/mol. The van der Waals surface area contributed by atoms with Gasteiger partial charge in [0.25, 0.3) is 0 Å². The Balaban J connectivity index is 1.25. The zero-order valence-corrected chi connectivity index (χ0v) is 35.3. The van der Waals surface area contributed by atoms with E-state index in [0.29, 0.717) is 0 Å². The summed E-state index contributed by atoms with van der Waals surface area (Å²) in [6.45, 7) is 20.6. The molecule has 59 heavy (non-hydrogen) atoms. The zero-order valence-electron chi connectivity index (χ0n) is 35.3. The Morgan fingerprint density at radius 3 is 1.88 bits per heavy atom.